The molecule has 1 atom stereocenters. The van der Waals surface area contributed by atoms with Gasteiger partial charge in [-0.05, 0) is 24.6 Å². The number of alkyl halides is 3. The number of nitrogens with one attached hydrogen (secondary N) is 2. The van der Waals surface area contributed by atoms with Gasteiger partial charge in [-0.15, -0.1) is 0 Å². The molecular weight excluding hydrogens is 332 g/mol. The van der Waals surface area contributed by atoms with Crippen molar-refractivity contribution in [1.82, 2.24) is 0 Å². The number of aliphatic hydroxyl groups is 1. The minimum Gasteiger partial charge on any atom is -0.494 e. The van der Waals surface area contributed by atoms with Gasteiger partial charge in [-0.1, -0.05) is 0 Å². The number of hydrogen-bond donors (Lipinski definition) is 3. The van der Waals surface area contributed by atoms with E-state index in [1.807, 2.05) is 0 Å². The summed E-state index contributed by atoms with van der Waals surface area (Å²) in [6.07, 6.45) is -7.25. The maximum Gasteiger partial charge on any atom is 0.389 e. The van der Waals surface area contributed by atoms with Gasteiger partial charge in [-0.3, -0.25) is 10.8 Å². The van der Waals surface area contributed by atoms with E-state index in [0.717, 1.165) is 12.1 Å². The molecular formula is C15H18F4N2O3. The molecule has 1 aromatic rings. The highest BCUT2D eigenvalue weighted by Gasteiger charge is 2.26. The van der Waals surface area contributed by atoms with Gasteiger partial charge in [0.05, 0.1) is 19.1 Å². The van der Waals surface area contributed by atoms with E-state index in [1.54, 1.807) is 0 Å². The topological polar surface area (TPSA) is 86.4 Å². The van der Waals surface area contributed by atoms with Gasteiger partial charge < -0.3 is 14.6 Å². The van der Waals surface area contributed by atoms with E-state index in [0.29, 0.717) is 0 Å². The molecule has 24 heavy (non-hydrogen) atoms. The lowest BCUT2D eigenvalue weighted by atomic mass is 10.1. The second-order valence-electron chi connectivity index (χ2n) is 5.05. The molecule has 134 valence electrons. The summed E-state index contributed by atoms with van der Waals surface area (Å²) in [6.45, 7) is 1.10. The Labute approximate surface area is 136 Å². The van der Waals surface area contributed by atoms with Crippen molar-refractivity contribution < 1.29 is 32.1 Å². The highest BCUT2D eigenvalue weighted by molar-refractivity contribution is 5.87. The zero-order valence-corrected chi connectivity index (χ0v) is 12.9. The van der Waals surface area contributed by atoms with Gasteiger partial charge in [0.2, 0.25) is 0 Å². The molecule has 0 amide bonds. The quantitative estimate of drug-likeness (QED) is 0.301. The van der Waals surface area contributed by atoms with Crippen molar-refractivity contribution in [1.29, 1.82) is 10.8 Å². The highest BCUT2D eigenvalue weighted by atomic mass is 19.4. The van der Waals surface area contributed by atoms with Crippen molar-refractivity contribution in [2.24, 2.45) is 0 Å². The van der Waals surface area contributed by atoms with Crippen molar-refractivity contribution in [3.8, 4) is 5.75 Å². The molecule has 9 heteroatoms. The summed E-state index contributed by atoms with van der Waals surface area (Å²) in [6, 6.07) is 3.42. The SMILES string of the molecule is CC(=N)OC(=N)CC(O)c1cc(OCCCC(F)(F)F)ccc1F. The molecule has 5 nitrogen and oxygen atoms in total. The molecule has 0 aliphatic rings. The first kappa shape index (κ1) is 19.9. The van der Waals surface area contributed by atoms with Crippen LogP contribution in [0.15, 0.2) is 18.2 Å². The van der Waals surface area contributed by atoms with E-state index in [2.05, 4.69) is 4.74 Å². The van der Waals surface area contributed by atoms with Gasteiger partial charge in [0.1, 0.15) is 11.6 Å². The van der Waals surface area contributed by atoms with Crippen LogP contribution in [0.5, 0.6) is 5.75 Å². The first-order valence-corrected chi connectivity index (χ1v) is 7.06. The summed E-state index contributed by atoms with van der Waals surface area (Å²) in [4.78, 5) is 0. The first-order valence-electron chi connectivity index (χ1n) is 7.06. The molecule has 0 aromatic heterocycles. The number of ether oxygens (including phenoxy) is 2. The Kier molecular flexibility index (Phi) is 7.15. The lowest BCUT2D eigenvalue weighted by Crippen LogP contribution is -2.13. The van der Waals surface area contributed by atoms with Crippen LogP contribution < -0.4 is 4.74 Å². The highest BCUT2D eigenvalue weighted by Crippen LogP contribution is 2.26. The molecule has 0 spiro atoms. The maximum absolute atomic E-state index is 13.8. The Balaban J connectivity index is 2.65. The fourth-order valence-corrected chi connectivity index (χ4v) is 1.84. The van der Waals surface area contributed by atoms with E-state index in [1.165, 1.54) is 13.0 Å². The van der Waals surface area contributed by atoms with Crippen LogP contribution in [0, 0.1) is 16.6 Å². The summed E-state index contributed by atoms with van der Waals surface area (Å²) >= 11 is 0. The lowest BCUT2D eigenvalue weighted by Gasteiger charge is -2.14. The Morgan fingerprint density at radius 1 is 1.29 bits per heavy atom. The molecule has 1 rings (SSSR count). The van der Waals surface area contributed by atoms with Crippen LogP contribution in [0.25, 0.3) is 0 Å². The molecule has 0 aliphatic heterocycles. The molecule has 0 saturated carbocycles. The van der Waals surface area contributed by atoms with E-state index in [4.69, 9.17) is 15.6 Å². The van der Waals surface area contributed by atoms with Crippen LogP contribution in [0.4, 0.5) is 17.6 Å². The van der Waals surface area contributed by atoms with E-state index in [9.17, 15) is 22.7 Å². The second kappa shape index (κ2) is 8.62. The Morgan fingerprint density at radius 2 is 1.96 bits per heavy atom. The first-order chi connectivity index (χ1) is 11.1. The number of aliphatic hydroxyl groups excluding tert-OH is 1. The van der Waals surface area contributed by atoms with E-state index in [-0.39, 0.29) is 36.7 Å². The van der Waals surface area contributed by atoms with E-state index >= 15 is 0 Å². The molecule has 3 N–H and O–H groups in total. The van der Waals surface area contributed by atoms with Crippen LogP contribution >= 0.6 is 0 Å². The number of halogens is 4. The van der Waals surface area contributed by atoms with Crippen LogP contribution in [0.1, 0.15) is 37.9 Å². The predicted molar refractivity (Wildman–Crippen MR) is 79.0 cm³/mol. The van der Waals surface area contributed by atoms with E-state index < -0.39 is 30.4 Å². The zero-order chi connectivity index (χ0) is 18.3. The average Bonchev–Trinajstić information content (AvgIpc) is 2.43. The molecule has 0 radical (unpaired) electrons. The summed E-state index contributed by atoms with van der Waals surface area (Å²) in [5.41, 5.74) is -0.167. The molecule has 0 aliphatic carbocycles. The van der Waals surface area contributed by atoms with Gasteiger partial charge in [-0.25, -0.2) is 4.39 Å². The fraction of sp³-hybridized carbons (Fsp3) is 0.467. The van der Waals surface area contributed by atoms with Crippen molar-refractivity contribution in [3.63, 3.8) is 0 Å². The molecule has 0 heterocycles. The van der Waals surface area contributed by atoms with Crippen molar-refractivity contribution in [2.75, 3.05) is 6.61 Å². The van der Waals surface area contributed by atoms with Gasteiger partial charge in [0.15, 0.2) is 11.8 Å². The average molecular weight is 350 g/mol. The summed E-state index contributed by atoms with van der Waals surface area (Å²) in [5.74, 6) is -1.28. The summed E-state index contributed by atoms with van der Waals surface area (Å²) < 4.78 is 59.6. The summed E-state index contributed by atoms with van der Waals surface area (Å²) in [5, 5.41) is 24.5. The number of hydrogen-bond acceptors (Lipinski definition) is 5. The smallest absolute Gasteiger partial charge is 0.389 e. The largest absolute Gasteiger partial charge is 0.494 e. The third kappa shape index (κ3) is 7.40. The third-order valence-electron chi connectivity index (χ3n) is 2.85. The number of benzene rings is 1. The van der Waals surface area contributed by atoms with Crippen LogP contribution in [-0.4, -0.2) is 29.7 Å². The minimum atomic E-state index is -4.26. The van der Waals surface area contributed by atoms with Gasteiger partial charge in [0, 0.05) is 18.9 Å². The van der Waals surface area contributed by atoms with Crippen molar-refractivity contribution in [2.45, 2.75) is 38.5 Å². The standard InChI is InChI=1S/C15H18F4N2O3/c1-9(20)24-14(21)8-13(22)11-7-10(3-4-12(11)16)23-6-2-5-15(17,18)19/h3-4,7,13,20-22H,2,5-6,8H2,1H3. The molecule has 1 unspecified atom stereocenters. The Bertz CT molecular complexity index is 591. The minimum absolute atomic E-state index is 0.114. The molecule has 0 saturated heterocycles. The van der Waals surface area contributed by atoms with Crippen LogP contribution in [0.2, 0.25) is 0 Å². The zero-order valence-electron chi connectivity index (χ0n) is 12.9. The van der Waals surface area contributed by atoms with Crippen molar-refractivity contribution >= 4 is 11.8 Å². The van der Waals surface area contributed by atoms with Gasteiger partial charge in [0.25, 0.3) is 0 Å². The third-order valence-corrected chi connectivity index (χ3v) is 2.85. The second-order valence-corrected chi connectivity index (χ2v) is 5.05. The molecule has 0 bridgehead atoms. The monoisotopic (exact) mass is 350 g/mol. The fourth-order valence-electron chi connectivity index (χ4n) is 1.84. The molecule has 1 aromatic carbocycles. The Morgan fingerprint density at radius 3 is 2.54 bits per heavy atom. The molecule has 0 fully saturated rings. The van der Waals surface area contributed by atoms with Gasteiger partial charge in [-0.2, -0.15) is 13.2 Å². The lowest BCUT2D eigenvalue weighted by molar-refractivity contribution is -0.136. The van der Waals surface area contributed by atoms with Crippen LogP contribution in [0.3, 0.4) is 0 Å². The van der Waals surface area contributed by atoms with Crippen molar-refractivity contribution in [3.05, 3.63) is 29.6 Å². The Hall–Kier alpha value is -2.16. The maximum atomic E-state index is 13.8. The number of rotatable bonds is 7. The van der Waals surface area contributed by atoms with Crippen LogP contribution in [-0.2, 0) is 4.74 Å². The summed E-state index contributed by atoms with van der Waals surface area (Å²) in [7, 11) is 0. The predicted octanol–water partition coefficient (Wildman–Crippen LogP) is 3.96. The van der Waals surface area contributed by atoms with Gasteiger partial charge >= 0.3 is 6.18 Å². The normalized spacial score (nSPS) is 12.6.